The first kappa shape index (κ1) is 13.2. The van der Waals surface area contributed by atoms with Crippen molar-refractivity contribution in [3.63, 3.8) is 0 Å². The van der Waals surface area contributed by atoms with E-state index in [1.54, 1.807) is 18.5 Å². The number of hydrogen-bond acceptors (Lipinski definition) is 4. The number of aromatic amines is 1. The fraction of sp³-hybridized carbons (Fsp3) is 0.312. The average molecular weight is 295 g/mol. The van der Waals surface area contributed by atoms with Crippen LogP contribution in [-0.4, -0.2) is 32.7 Å². The number of rotatable bonds is 2. The van der Waals surface area contributed by atoms with Crippen molar-refractivity contribution in [1.82, 2.24) is 24.9 Å². The van der Waals surface area contributed by atoms with Gasteiger partial charge >= 0.3 is 0 Å². The van der Waals surface area contributed by atoms with Crippen LogP contribution in [0.5, 0.6) is 0 Å². The van der Waals surface area contributed by atoms with Crippen molar-refractivity contribution < 1.29 is 0 Å². The van der Waals surface area contributed by atoms with Gasteiger partial charge in [0.25, 0.3) is 5.56 Å². The van der Waals surface area contributed by atoms with Crippen LogP contribution in [0.2, 0.25) is 0 Å². The van der Waals surface area contributed by atoms with E-state index < -0.39 is 0 Å². The van der Waals surface area contributed by atoms with Crippen LogP contribution in [0.1, 0.15) is 24.5 Å². The van der Waals surface area contributed by atoms with Gasteiger partial charge in [-0.1, -0.05) is 0 Å². The minimum absolute atomic E-state index is 0.0566. The molecule has 1 fully saturated rings. The summed E-state index contributed by atoms with van der Waals surface area (Å²) in [5.41, 5.74) is 3.39. The maximum absolute atomic E-state index is 12.4. The molecule has 1 aliphatic heterocycles. The molecule has 0 bridgehead atoms. The molecule has 4 heterocycles. The predicted molar refractivity (Wildman–Crippen MR) is 83.9 cm³/mol. The minimum Gasteiger partial charge on any atom is -0.317 e. The molecule has 0 amide bonds. The van der Waals surface area contributed by atoms with Gasteiger partial charge in [0.15, 0.2) is 5.65 Å². The van der Waals surface area contributed by atoms with Gasteiger partial charge in [0.2, 0.25) is 0 Å². The van der Waals surface area contributed by atoms with E-state index in [0.29, 0.717) is 11.6 Å². The summed E-state index contributed by atoms with van der Waals surface area (Å²) in [6, 6.07) is 7.39. The highest BCUT2D eigenvalue weighted by Crippen LogP contribution is 2.24. The molecule has 22 heavy (non-hydrogen) atoms. The Kier molecular flexibility index (Phi) is 3.23. The Morgan fingerprint density at radius 2 is 1.91 bits per heavy atom. The smallest absolute Gasteiger partial charge is 0.272 e. The summed E-state index contributed by atoms with van der Waals surface area (Å²) in [5, 5.41) is 6.45. The first-order valence-corrected chi connectivity index (χ1v) is 7.55. The summed E-state index contributed by atoms with van der Waals surface area (Å²) in [7, 11) is 0. The largest absolute Gasteiger partial charge is 0.317 e. The fourth-order valence-electron chi connectivity index (χ4n) is 3.02. The van der Waals surface area contributed by atoms with E-state index in [1.807, 2.05) is 18.2 Å². The molecule has 0 spiro atoms. The minimum atomic E-state index is -0.0566. The van der Waals surface area contributed by atoms with Gasteiger partial charge < -0.3 is 5.32 Å². The highest BCUT2D eigenvalue weighted by Gasteiger charge is 2.18. The number of aromatic nitrogens is 4. The van der Waals surface area contributed by atoms with Gasteiger partial charge in [0.05, 0.1) is 11.4 Å². The van der Waals surface area contributed by atoms with Crippen molar-refractivity contribution >= 4 is 5.65 Å². The summed E-state index contributed by atoms with van der Waals surface area (Å²) in [6.45, 7) is 1.97. The van der Waals surface area contributed by atoms with Crippen molar-refractivity contribution in [1.29, 1.82) is 0 Å². The molecule has 0 radical (unpaired) electrons. The normalized spacial score (nSPS) is 16.2. The molecule has 1 aliphatic rings. The SMILES string of the molecule is O=c1cc(C2CCNCC2)nc2cc(-c3ccncc3)[nH]n12. The molecule has 0 atom stereocenters. The van der Waals surface area contributed by atoms with E-state index in [-0.39, 0.29) is 5.56 Å². The van der Waals surface area contributed by atoms with Gasteiger partial charge in [-0.25, -0.2) is 9.50 Å². The summed E-state index contributed by atoms with van der Waals surface area (Å²) in [6.07, 6.45) is 5.53. The third kappa shape index (κ3) is 2.31. The lowest BCUT2D eigenvalue weighted by Gasteiger charge is -2.21. The zero-order valence-electron chi connectivity index (χ0n) is 12.1. The average Bonchev–Trinajstić information content (AvgIpc) is 3.01. The molecular formula is C16H17N5O. The number of fused-ring (bicyclic) bond motifs is 1. The number of nitrogens with zero attached hydrogens (tertiary/aromatic N) is 3. The Labute approximate surface area is 127 Å². The van der Waals surface area contributed by atoms with E-state index in [9.17, 15) is 4.79 Å². The quantitative estimate of drug-likeness (QED) is 0.752. The molecule has 0 aliphatic carbocycles. The zero-order chi connectivity index (χ0) is 14.9. The maximum Gasteiger partial charge on any atom is 0.272 e. The van der Waals surface area contributed by atoms with E-state index in [2.05, 4.69) is 15.4 Å². The Balaban J connectivity index is 1.79. The molecule has 1 saturated heterocycles. The van der Waals surface area contributed by atoms with Crippen LogP contribution < -0.4 is 10.9 Å². The Bertz CT molecular complexity index is 846. The molecule has 6 heteroatoms. The van der Waals surface area contributed by atoms with Gasteiger partial charge in [0, 0.05) is 36.0 Å². The van der Waals surface area contributed by atoms with Crippen molar-refractivity contribution in [3.8, 4) is 11.3 Å². The van der Waals surface area contributed by atoms with Crippen LogP contribution in [0.4, 0.5) is 0 Å². The fourth-order valence-corrected chi connectivity index (χ4v) is 3.02. The molecule has 0 saturated carbocycles. The molecule has 0 aromatic carbocycles. The second-order valence-electron chi connectivity index (χ2n) is 5.64. The van der Waals surface area contributed by atoms with Crippen LogP contribution in [0, 0.1) is 0 Å². The summed E-state index contributed by atoms with van der Waals surface area (Å²) < 4.78 is 1.50. The molecule has 0 unspecified atom stereocenters. The van der Waals surface area contributed by atoms with E-state index in [0.717, 1.165) is 42.9 Å². The highest BCUT2D eigenvalue weighted by atomic mass is 16.1. The number of hydrogen-bond donors (Lipinski definition) is 2. The summed E-state index contributed by atoms with van der Waals surface area (Å²) in [5.74, 6) is 0.373. The second-order valence-corrected chi connectivity index (χ2v) is 5.64. The third-order valence-corrected chi connectivity index (χ3v) is 4.22. The Morgan fingerprint density at radius 3 is 2.68 bits per heavy atom. The molecule has 2 N–H and O–H groups in total. The molecular weight excluding hydrogens is 278 g/mol. The van der Waals surface area contributed by atoms with E-state index in [4.69, 9.17) is 4.98 Å². The van der Waals surface area contributed by atoms with Gasteiger partial charge in [-0.2, -0.15) is 0 Å². The van der Waals surface area contributed by atoms with Crippen LogP contribution in [-0.2, 0) is 0 Å². The van der Waals surface area contributed by atoms with Gasteiger partial charge in [-0.05, 0) is 38.1 Å². The van der Waals surface area contributed by atoms with Crippen LogP contribution >= 0.6 is 0 Å². The van der Waals surface area contributed by atoms with Crippen LogP contribution in [0.25, 0.3) is 16.9 Å². The second kappa shape index (κ2) is 5.38. The molecule has 4 rings (SSSR count). The zero-order valence-corrected chi connectivity index (χ0v) is 12.1. The maximum atomic E-state index is 12.4. The van der Waals surface area contributed by atoms with E-state index >= 15 is 0 Å². The lowest BCUT2D eigenvalue weighted by atomic mass is 9.94. The third-order valence-electron chi connectivity index (χ3n) is 4.22. The summed E-state index contributed by atoms with van der Waals surface area (Å²) in [4.78, 5) is 21.1. The Hall–Kier alpha value is -2.47. The van der Waals surface area contributed by atoms with Crippen molar-refractivity contribution in [2.24, 2.45) is 0 Å². The monoisotopic (exact) mass is 295 g/mol. The van der Waals surface area contributed by atoms with Gasteiger partial charge in [0.1, 0.15) is 0 Å². The molecule has 6 nitrogen and oxygen atoms in total. The van der Waals surface area contributed by atoms with Crippen molar-refractivity contribution in [2.45, 2.75) is 18.8 Å². The van der Waals surface area contributed by atoms with Crippen molar-refractivity contribution in [3.05, 3.63) is 52.7 Å². The highest BCUT2D eigenvalue weighted by molar-refractivity contribution is 5.63. The number of piperidine rings is 1. The van der Waals surface area contributed by atoms with E-state index in [1.165, 1.54) is 4.52 Å². The predicted octanol–water partition coefficient (Wildman–Crippen LogP) is 1.55. The standard InChI is InChI=1S/C16H17N5O/c22-16-10-13(11-1-5-17-6-2-11)19-15-9-14(20-21(15)16)12-3-7-18-8-4-12/h3-4,7-11,17,20H,1-2,5-6H2. The lowest BCUT2D eigenvalue weighted by molar-refractivity contribution is 0.453. The molecule has 3 aromatic heterocycles. The van der Waals surface area contributed by atoms with Crippen molar-refractivity contribution in [2.75, 3.05) is 13.1 Å². The first-order valence-electron chi connectivity index (χ1n) is 7.55. The van der Waals surface area contributed by atoms with Crippen LogP contribution in [0.15, 0.2) is 41.5 Å². The lowest BCUT2D eigenvalue weighted by Crippen LogP contribution is -2.28. The topological polar surface area (TPSA) is 75.1 Å². The van der Waals surface area contributed by atoms with Gasteiger partial charge in [-0.3, -0.25) is 14.9 Å². The van der Waals surface area contributed by atoms with Gasteiger partial charge in [-0.15, -0.1) is 0 Å². The number of pyridine rings is 1. The number of nitrogens with one attached hydrogen (secondary N) is 2. The summed E-state index contributed by atoms with van der Waals surface area (Å²) >= 11 is 0. The Morgan fingerprint density at radius 1 is 1.14 bits per heavy atom. The molecule has 3 aromatic rings. The molecule has 112 valence electrons. The number of H-pyrrole nitrogens is 1. The first-order chi connectivity index (χ1) is 10.8. The van der Waals surface area contributed by atoms with Crippen LogP contribution in [0.3, 0.4) is 0 Å².